The molecule has 0 saturated carbocycles. The number of hydrogen-bond donors (Lipinski definition) is 1. The summed E-state index contributed by atoms with van der Waals surface area (Å²) < 4.78 is 5.45. The molecular formula is C19H18N4O3. The van der Waals surface area contributed by atoms with Crippen molar-refractivity contribution in [2.75, 3.05) is 11.9 Å². The van der Waals surface area contributed by atoms with Crippen molar-refractivity contribution in [1.29, 1.82) is 0 Å². The van der Waals surface area contributed by atoms with Crippen molar-refractivity contribution in [3.05, 3.63) is 53.2 Å². The summed E-state index contributed by atoms with van der Waals surface area (Å²) in [5.41, 5.74) is 4.45. The number of benzene rings is 1. The number of nitrogens with one attached hydrogen (secondary N) is 1. The van der Waals surface area contributed by atoms with Crippen LogP contribution in [0.1, 0.15) is 34.3 Å². The highest BCUT2D eigenvalue weighted by molar-refractivity contribution is 6.06. The Morgan fingerprint density at radius 2 is 2.12 bits per heavy atom. The number of carbonyl (C=O) groups excluding carboxylic acids is 2. The van der Waals surface area contributed by atoms with Gasteiger partial charge in [-0.05, 0) is 35.7 Å². The first-order valence-corrected chi connectivity index (χ1v) is 8.41. The normalized spacial score (nSPS) is 13.5. The molecule has 3 aromatic rings. The number of nitrogens with zero attached hydrogens (tertiary/aromatic N) is 3. The lowest BCUT2D eigenvalue weighted by atomic mass is 9.96. The fourth-order valence-electron chi connectivity index (χ4n) is 3.28. The van der Waals surface area contributed by atoms with E-state index in [-0.39, 0.29) is 11.8 Å². The van der Waals surface area contributed by atoms with E-state index >= 15 is 0 Å². The zero-order chi connectivity index (χ0) is 18.3. The van der Waals surface area contributed by atoms with Gasteiger partial charge in [0, 0.05) is 45.0 Å². The number of pyridine rings is 1. The maximum atomic E-state index is 12.8. The number of oxazole rings is 1. The first-order chi connectivity index (χ1) is 12.5. The zero-order valence-electron chi connectivity index (χ0n) is 14.6. The Labute approximate surface area is 150 Å². The summed E-state index contributed by atoms with van der Waals surface area (Å²) in [6, 6.07) is 5.35. The maximum absolute atomic E-state index is 12.8. The molecule has 2 aromatic heterocycles. The van der Waals surface area contributed by atoms with Gasteiger partial charge in [0.05, 0.1) is 5.56 Å². The molecule has 7 nitrogen and oxygen atoms in total. The van der Waals surface area contributed by atoms with Gasteiger partial charge in [0.2, 0.25) is 5.91 Å². The van der Waals surface area contributed by atoms with Gasteiger partial charge in [0.15, 0.2) is 11.5 Å². The van der Waals surface area contributed by atoms with Crippen LogP contribution in [0.4, 0.5) is 5.69 Å². The molecular weight excluding hydrogens is 332 g/mol. The Morgan fingerprint density at radius 1 is 1.27 bits per heavy atom. The second-order valence-corrected chi connectivity index (χ2v) is 6.38. The van der Waals surface area contributed by atoms with E-state index in [1.807, 2.05) is 0 Å². The van der Waals surface area contributed by atoms with Gasteiger partial charge in [-0.2, -0.15) is 0 Å². The van der Waals surface area contributed by atoms with E-state index in [0.29, 0.717) is 47.8 Å². The molecule has 1 aromatic carbocycles. The number of fused-ring (bicyclic) bond motifs is 2. The van der Waals surface area contributed by atoms with Gasteiger partial charge >= 0.3 is 0 Å². The molecule has 3 heterocycles. The lowest BCUT2D eigenvalue weighted by molar-refractivity contribution is -0.129. The molecule has 0 spiro atoms. The molecule has 0 unspecified atom stereocenters. The molecule has 26 heavy (non-hydrogen) atoms. The van der Waals surface area contributed by atoms with Crippen LogP contribution in [-0.4, -0.2) is 33.2 Å². The molecule has 0 atom stereocenters. The van der Waals surface area contributed by atoms with Gasteiger partial charge in [0.1, 0.15) is 5.52 Å². The van der Waals surface area contributed by atoms with Crippen molar-refractivity contribution >= 4 is 28.6 Å². The van der Waals surface area contributed by atoms with Crippen molar-refractivity contribution in [3.8, 4) is 0 Å². The Hall–Kier alpha value is -3.22. The van der Waals surface area contributed by atoms with Crippen LogP contribution in [0.25, 0.3) is 11.1 Å². The number of hydrogen-bond acceptors (Lipinski definition) is 5. The lowest BCUT2D eigenvalue weighted by Crippen LogP contribution is -2.35. The first kappa shape index (κ1) is 16.3. The summed E-state index contributed by atoms with van der Waals surface area (Å²) >= 11 is 0. The highest BCUT2D eigenvalue weighted by atomic mass is 16.3. The van der Waals surface area contributed by atoms with E-state index in [2.05, 4.69) is 15.3 Å². The standard InChI is InChI=1S/C19H18N4O3/c1-11-21-17-7-14(3-4-18(17)26-11)22-19(25)16-9-20-8-13-10-23(12(2)24)6-5-15(13)16/h3-4,7-9H,5-6,10H2,1-2H3,(H,22,25). The first-order valence-electron chi connectivity index (χ1n) is 8.41. The van der Waals surface area contributed by atoms with Crippen LogP contribution in [0.15, 0.2) is 35.0 Å². The summed E-state index contributed by atoms with van der Waals surface area (Å²) in [5, 5.41) is 2.90. The van der Waals surface area contributed by atoms with Gasteiger partial charge in [-0.15, -0.1) is 0 Å². The van der Waals surface area contributed by atoms with E-state index in [4.69, 9.17) is 4.42 Å². The average molecular weight is 350 g/mol. The van der Waals surface area contributed by atoms with Crippen LogP contribution in [0, 0.1) is 6.92 Å². The van der Waals surface area contributed by atoms with Crippen molar-refractivity contribution in [1.82, 2.24) is 14.9 Å². The number of anilines is 1. The minimum absolute atomic E-state index is 0.0294. The van der Waals surface area contributed by atoms with Crippen LogP contribution < -0.4 is 5.32 Å². The molecule has 132 valence electrons. The highest BCUT2D eigenvalue weighted by Gasteiger charge is 2.23. The third-order valence-electron chi connectivity index (χ3n) is 4.58. The van der Waals surface area contributed by atoms with Crippen molar-refractivity contribution in [3.63, 3.8) is 0 Å². The molecule has 7 heteroatoms. The average Bonchev–Trinajstić information content (AvgIpc) is 2.99. The van der Waals surface area contributed by atoms with Gasteiger partial charge in [-0.3, -0.25) is 14.6 Å². The van der Waals surface area contributed by atoms with Crippen molar-refractivity contribution in [2.45, 2.75) is 26.8 Å². The molecule has 1 aliphatic rings. The number of carbonyl (C=O) groups is 2. The number of amides is 2. The van der Waals surface area contributed by atoms with Gasteiger partial charge < -0.3 is 14.6 Å². The number of aryl methyl sites for hydroxylation is 1. The fourth-order valence-corrected chi connectivity index (χ4v) is 3.28. The van der Waals surface area contributed by atoms with Crippen LogP contribution in [0.2, 0.25) is 0 Å². The molecule has 0 bridgehead atoms. The summed E-state index contributed by atoms with van der Waals surface area (Å²) in [7, 11) is 0. The monoisotopic (exact) mass is 350 g/mol. The van der Waals surface area contributed by atoms with Crippen LogP contribution in [-0.2, 0) is 17.8 Å². The van der Waals surface area contributed by atoms with Crippen LogP contribution in [0.3, 0.4) is 0 Å². The predicted molar refractivity (Wildman–Crippen MR) is 95.7 cm³/mol. The van der Waals surface area contributed by atoms with Crippen LogP contribution >= 0.6 is 0 Å². The van der Waals surface area contributed by atoms with E-state index in [1.54, 1.807) is 49.3 Å². The Balaban J connectivity index is 1.60. The fraction of sp³-hybridized carbons (Fsp3) is 0.263. The van der Waals surface area contributed by atoms with Gasteiger partial charge in [0.25, 0.3) is 5.91 Å². The minimum atomic E-state index is -0.217. The summed E-state index contributed by atoms with van der Waals surface area (Å²) in [6.45, 7) is 4.43. The minimum Gasteiger partial charge on any atom is -0.441 e. The van der Waals surface area contributed by atoms with E-state index in [1.165, 1.54) is 0 Å². The predicted octanol–water partition coefficient (Wildman–Crippen LogP) is 2.69. The van der Waals surface area contributed by atoms with E-state index < -0.39 is 0 Å². The Kier molecular flexibility index (Phi) is 3.91. The van der Waals surface area contributed by atoms with Crippen molar-refractivity contribution in [2.24, 2.45) is 0 Å². The van der Waals surface area contributed by atoms with Crippen molar-refractivity contribution < 1.29 is 14.0 Å². The molecule has 0 saturated heterocycles. The number of rotatable bonds is 2. The van der Waals surface area contributed by atoms with Gasteiger partial charge in [-0.1, -0.05) is 0 Å². The quantitative estimate of drug-likeness (QED) is 0.768. The third kappa shape index (κ3) is 2.92. The molecule has 1 N–H and O–H groups in total. The maximum Gasteiger partial charge on any atom is 0.257 e. The highest BCUT2D eigenvalue weighted by Crippen LogP contribution is 2.24. The Bertz CT molecular complexity index is 1020. The second kappa shape index (κ2) is 6.25. The SMILES string of the molecule is CC(=O)N1CCc2c(cncc2C(=O)Nc2ccc3oc(C)nc3c2)C1. The number of aromatic nitrogens is 2. The topological polar surface area (TPSA) is 88.3 Å². The summed E-state index contributed by atoms with van der Waals surface area (Å²) in [6.07, 6.45) is 3.95. The van der Waals surface area contributed by atoms with E-state index in [9.17, 15) is 9.59 Å². The largest absolute Gasteiger partial charge is 0.441 e. The molecule has 0 aliphatic carbocycles. The summed E-state index contributed by atoms with van der Waals surface area (Å²) in [5.74, 6) is 0.395. The second-order valence-electron chi connectivity index (χ2n) is 6.38. The Morgan fingerprint density at radius 3 is 2.92 bits per heavy atom. The third-order valence-corrected chi connectivity index (χ3v) is 4.58. The molecule has 0 fully saturated rings. The van der Waals surface area contributed by atoms with Crippen LogP contribution in [0.5, 0.6) is 0 Å². The molecule has 1 aliphatic heterocycles. The lowest BCUT2D eigenvalue weighted by Gasteiger charge is -2.28. The van der Waals surface area contributed by atoms with Gasteiger partial charge in [-0.25, -0.2) is 4.98 Å². The zero-order valence-corrected chi connectivity index (χ0v) is 14.6. The molecule has 4 rings (SSSR count). The smallest absolute Gasteiger partial charge is 0.257 e. The molecule has 0 radical (unpaired) electrons. The van der Waals surface area contributed by atoms with E-state index in [0.717, 1.165) is 11.1 Å². The molecule has 2 amide bonds. The summed E-state index contributed by atoms with van der Waals surface area (Å²) in [4.78, 5) is 34.6.